The minimum absolute atomic E-state index is 0.849. The second kappa shape index (κ2) is 3.56. The highest BCUT2D eigenvalue weighted by atomic mass is 79.9. The third-order valence-electron chi connectivity index (χ3n) is 1.14. The SMILES string of the molecule is C/C=C/Cn1ccc(Br)n1. The molecular weight excluding hydrogens is 192 g/mol. The van der Waals surface area contributed by atoms with Gasteiger partial charge < -0.3 is 0 Å². The molecule has 1 aromatic rings. The van der Waals surface area contributed by atoms with E-state index in [1.807, 2.05) is 29.9 Å². The van der Waals surface area contributed by atoms with Crippen LogP contribution in [0.3, 0.4) is 0 Å². The van der Waals surface area contributed by atoms with Crippen LogP contribution in [-0.4, -0.2) is 9.78 Å². The molecule has 1 heterocycles. The molecule has 0 fully saturated rings. The molecule has 0 saturated carbocycles. The Morgan fingerprint density at radius 2 is 2.60 bits per heavy atom. The Morgan fingerprint density at radius 1 is 1.80 bits per heavy atom. The zero-order chi connectivity index (χ0) is 7.40. The van der Waals surface area contributed by atoms with Crippen molar-refractivity contribution in [3.05, 3.63) is 29.0 Å². The molecule has 0 aromatic carbocycles. The summed E-state index contributed by atoms with van der Waals surface area (Å²) >= 11 is 3.27. The maximum Gasteiger partial charge on any atom is 0.128 e. The summed E-state index contributed by atoms with van der Waals surface area (Å²) in [5, 5.41) is 4.13. The van der Waals surface area contributed by atoms with E-state index in [2.05, 4.69) is 27.1 Å². The lowest BCUT2D eigenvalue weighted by atomic mass is 10.5. The topological polar surface area (TPSA) is 17.8 Å². The number of aromatic nitrogens is 2. The Balaban J connectivity index is 2.58. The van der Waals surface area contributed by atoms with Crippen LogP contribution in [0.25, 0.3) is 0 Å². The monoisotopic (exact) mass is 200 g/mol. The van der Waals surface area contributed by atoms with E-state index < -0.39 is 0 Å². The number of allylic oxidation sites excluding steroid dienone is 2. The third-order valence-corrected chi connectivity index (χ3v) is 1.56. The Morgan fingerprint density at radius 3 is 3.10 bits per heavy atom. The maximum atomic E-state index is 4.13. The van der Waals surface area contributed by atoms with Gasteiger partial charge in [0.25, 0.3) is 0 Å². The van der Waals surface area contributed by atoms with Gasteiger partial charge in [-0.15, -0.1) is 0 Å². The quantitative estimate of drug-likeness (QED) is 0.670. The summed E-state index contributed by atoms with van der Waals surface area (Å²) in [7, 11) is 0. The van der Waals surface area contributed by atoms with Crippen LogP contribution in [0.5, 0.6) is 0 Å². The Labute approximate surface area is 68.7 Å². The van der Waals surface area contributed by atoms with Gasteiger partial charge in [0.05, 0.1) is 6.54 Å². The number of nitrogens with zero attached hydrogens (tertiary/aromatic N) is 2. The second-order valence-corrected chi connectivity index (χ2v) is 2.74. The first-order valence-corrected chi connectivity index (χ1v) is 3.92. The van der Waals surface area contributed by atoms with E-state index in [1.54, 1.807) is 0 Å². The summed E-state index contributed by atoms with van der Waals surface area (Å²) in [5.41, 5.74) is 0. The predicted molar refractivity (Wildman–Crippen MR) is 44.7 cm³/mol. The van der Waals surface area contributed by atoms with Gasteiger partial charge in [-0.3, -0.25) is 4.68 Å². The highest BCUT2D eigenvalue weighted by Gasteiger charge is 1.89. The average molecular weight is 201 g/mol. The number of rotatable bonds is 2. The normalized spacial score (nSPS) is 11.0. The van der Waals surface area contributed by atoms with Crippen molar-refractivity contribution in [1.82, 2.24) is 9.78 Å². The van der Waals surface area contributed by atoms with Crippen LogP contribution in [0.2, 0.25) is 0 Å². The molecule has 0 aliphatic carbocycles. The van der Waals surface area contributed by atoms with Crippen molar-refractivity contribution < 1.29 is 0 Å². The maximum absolute atomic E-state index is 4.13. The summed E-state index contributed by atoms with van der Waals surface area (Å²) in [6.45, 7) is 2.85. The minimum atomic E-state index is 0.849. The molecule has 54 valence electrons. The Hall–Kier alpha value is -0.570. The molecule has 1 aromatic heterocycles. The van der Waals surface area contributed by atoms with E-state index >= 15 is 0 Å². The van der Waals surface area contributed by atoms with Crippen LogP contribution in [0.15, 0.2) is 29.0 Å². The molecular formula is C7H9BrN2. The van der Waals surface area contributed by atoms with E-state index in [0.717, 1.165) is 11.1 Å². The zero-order valence-corrected chi connectivity index (χ0v) is 7.37. The molecule has 0 N–H and O–H groups in total. The molecule has 0 amide bonds. The minimum Gasteiger partial charge on any atom is -0.268 e. The summed E-state index contributed by atoms with van der Waals surface area (Å²) in [6.07, 6.45) is 6.00. The fourth-order valence-corrected chi connectivity index (χ4v) is 0.974. The molecule has 1 rings (SSSR count). The zero-order valence-electron chi connectivity index (χ0n) is 5.79. The average Bonchev–Trinajstić information content (AvgIpc) is 2.31. The van der Waals surface area contributed by atoms with Crippen molar-refractivity contribution in [1.29, 1.82) is 0 Å². The molecule has 2 nitrogen and oxygen atoms in total. The van der Waals surface area contributed by atoms with E-state index in [0.29, 0.717) is 0 Å². The van der Waals surface area contributed by atoms with Gasteiger partial charge in [0.15, 0.2) is 0 Å². The third kappa shape index (κ3) is 1.99. The van der Waals surface area contributed by atoms with Gasteiger partial charge in [0.2, 0.25) is 0 Å². The van der Waals surface area contributed by atoms with Gasteiger partial charge >= 0.3 is 0 Å². The summed E-state index contributed by atoms with van der Waals surface area (Å²) in [6, 6.07) is 1.92. The number of hydrogen-bond donors (Lipinski definition) is 0. The fourth-order valence-electron chi connectivity index (χ4n) is 0.652. The molecule has 0 aliphatic heterocycles. The summed E-state index contributed by atoms with van der Waals surface area (Å²) < 4.78 is 2.75. The van der Waals surface area contributed by atoms with Crippen molar-refractivity contribution in [2.75, 3.05) is 0 Å². The van der Waals surface area contributed by atoms with Gasteiger partial charge in [-0.1, -0.05) is 12.2 Å². The Kier molecular flexibility index (Phi) is 2.68. The first-order chi connectivity index (χ1) is 4.83. The van der Waals surface area contributed by atoms with Crippen molar-refractivity contribution in [3.8, 4) is 0 Å². The van der Waals surface area contributed by atoms with Crippen LogP contribution >= 0.6 is 15.9 Å². The van der Waals surface area contributed by atoms with E-state index in [-0.39, 0.29) is 0 Å². The number of hydrogen-bond acceptors (Lipinski definition) is 1. The van der Waals surface area contributed by atoms with Crippen molar-refractivity contribution in [3.63, 3.8) is 0 Å². The van der Waals surface area contributed by atoms with Gasteiger partial charge in [-0.2, -0.15) is 5.10 Å². The lowest BCUT2D eigenvalue weighted by Crippen LogP contribution is -1.94. The van der Waals surface area contributed by atoms with Crippen molar-refractivity contribution >= 4 is 15.9 Å². The van der Waals surface area contributed by atoms with E-state index in [9.17, 15) is 0 Å². The Bertz CT molecular complexity index is 227. The predicted octanol–water partition coefficient (Wildman–Crippen LogP) is 2.22. The molecule has 0 unspecified atom stereocenters. The molecule has 0 spiro atoms. The van der Waals surface area contributed by atoms with Crippen molar-refractivity contribution in [2.45, 2.75) is 13.5 Å². The fraction of sp³-hybridized carbons (Fsp3) is 0.286. The van der Waals surface area contributed by atoms with Crippen LogP contribution in [0.1, 0.15) is 6.92 Å². The molecule has 10 heavy (non-hydrogen) atoms. The summed E-state index contributed by atoms with van der Waals surface area (Å²) in [5.74, 6) is 0. The van der Waals surface area contributed by atoms with E-state index in [1.165, 1.54) is 0 Å². The van der Waals surface area contributed by atoms with Gasteiger partial charge in [0.1, 0.15) is 4.60 Å². The first kappa shape index (κ1) is 7.54. The standard InChI is InChI=1S/C7H9BrN2/c1-2-3-5-10-6-4-7(8)9-10/h2-4,6H,5H2,1H3/b3-2+. The highest BCUT2D eigenvalue weighted by Crippen LogP contribution is 2.03. The van der Waals surface area contributed by atoms with Crippen molar-refractivity contribution in [2.24, 2.45) is 0 Å². The smallest absolute Gasteiger partial charge is 0.128 e. The van der Waals surface area contributed by atoms with E-state index in [4.69, 9.17) is 0 Å². The number of halogens is 1. The lowest BCUT2D eigenvalue weighted by Gasteiger charge is -1.91. The van der Waals surface area contributed by atoms with Gasteiger partial charge in [-0.25, -0.2) is 0 Å². The largest absolute Gasteiger partial charge is 0.268 e. The molecule has 0 radical (unpaired) electrons. The summed E-state index contributed by atoms with van der Waals surface area (Å²) in [4.78, 5) is 0. The van der Waals surface area contributed by atoms with Gasteiger partial charge in [0, 0.05) is 6.20 Å². The molecule has 3 heteroatoms. The second-order valence-electron chi connectivity index (χ2n) is 1.93. The molecule has 0 atom stereocenters. The molecule has 0 aliphatic rings. The molecule has 0 bridgehead atoms. The highest BCUT2D eigenvalue weighted by molar-refractivity contribution is 9.10. The lowest BCUT2D eigenvalue weighted by molar-refractivity contribution is 0.696. The molecule has 0 saturated heterocycles. The van der Waals surface area contributed by atoms with Crippen LogP contribution in [-0.2, 0) is 6.54 Å². The van der Waals surface area contributed by atoms with Crippen LogP contribution in [0.4, 0.5) is 0 Å². The first-order valence-electron chi connectivity index (χ1n) is 3.13. The van der Waals surface area contributed by atoms with Crippen LogP contribution < -0.4 is 0 Å². The van der Waals surface area contributed by atoms with Gasteiger partial charge in [-0.05, 0) is 28.9 Å². The van der Waals surface area contributed by atoms with Crippen LogP contribution in [0, 0.1) is 0 Å².